The third kappa shape index (κ3) is 7.31. The number of aromatic nitrogens is 3. The molecule has 0 N–H and O–H groups in total. The van der Waals surface area contributed by atoms with Gasteiger partial charge in [-0.15, -0.1) is 0 Å². The average molecular weight is 1010 g/mol. The van der Waals surface area contributed by atoms with Gasteiger partial charge in [0.2, 0.25) is 0 Å². The van der Waals surface area contributed by atoms with Crippen molar-refractivity contribution in [2.45, 2.75) is 0 Å². The summed E-state index contributed by atoms with van der Waals surface area (Å²) in [5.74, 6) is 1.79. The van der Waals surface area contributed by atoms with E-state index >= 15 is 0 Å². The Morgan fingerprint density at radius 3 is 0.921 bits per heavy atom. The molecule has 0 fully saturated rings. The first kappa shape index (κ1) is 45.1. The molecule has 0 bridgehead atoms. The van der Waals surface area contributed by atoms with Crippen LogP contribution in [0.25, 0.3) is 78.0 Å². The maximum atomic E-state index is 6.63. The van der Waals surface area contributed by atoms with Crippen LogP contribution in [0.4, 0.5) is 0 Å². The first-order chi connectivity index (χ1) is 37.7. The lowest BCUT2D eigenvalue weighted by Crippen LogP contribution is -2.74. The van der Waals surface area contributed by atoms with E-state index in [2.05, 4.69) is 255 Å². The third-order valence-corrected chi connectivity index (χ3v) is 24.8. The van der Waals surface area contributed by atoms with E-state index in [0.29, 0.717) is 17.5 Å². The van der Waals surface area contributed by atoms with Gasteiger partial charge < -0.3 is 8.83 Å². The quantitative estimate of drug-likeness (QED) is 0.0954. The second kappa shape index (κ2) is 18.7. The molecule has 3 aromatic heterocycles. The van der Waals surface area contributed by atoms with Crippen LogP contribution in [0, 0.1) is 0 Å². The van der Waals surface area contributed by atoms with E-state index in [9.17, 15) is 0 Å². The van der Waals surface area contributed by atoms with E-state index in [0.717, 1.165) is 60.6 Å². The Balaban J connectivity index is 1.01. The minimum Gasteiger partial charge on any atom is -0.456 e. The molecule has 0 radical (unpaired) electrons. The Labute approximate surface area is 442 Å². The molecular formula is C69H47N3O2Si2. The summed E-state index contributed by atoms with van der Waals surface area (Å²) in [6, 6.07) is 102. The summed E-state index contributed by atoms with van der Waals surface area (Å²) in [4.78, 5) is 16.3. The number of benzene rings is 11. The van der Waals surface area contributed by atoms with Crippen LogP contribution in [-0.4, -0.2) is 31.1 Å². The number of furan rings is 2. The zero-order valence-corrected chi connectivity index (χ0v) is 43.3. The van der Waals surface area contributed by atoms with Crippen LogP contribution >= 0.6 is 0 Å². The Morgan fingerprint density at radius 1 is 0.237 bits per heavy atom. The van der Waals surface area contributed by atoms with Gasteiger partial charge >= 0.3 is 0 Å². The van der Waals surface area contributed by atoms with Crippen molar-refractivity contribution >= 4 is 102 Å². The van der Waals surface area contributed by atoms with Gasteiger partial charge in [0, 0.05) is 38.2 Å². The molecule has 5 nitrogen and oxygen atoms in total. The lowest BCUT2D eigenvalue weighted by Gasteiger charge is -2.35. The Kier molecular flexibility index (Phi) is 11.1. The van der Waals surface area contributed by atoms with Crippen LogP contribution in [-0.2, 0) is 0 Å². The third-order valence-electron chi connectivity index (χ3n) is 15.2. The molecule has 0 saturated heterocycles. The highest BCUT2D eigenvalue weighted by molar-refractivity contribution is 7.21. The molecule has 0 saturated carbocycles. The molecule has 14 rings (SSSR count). The van der Waals surface area contributed by atoms with Crippen molar-refractivity contribution in [2.75, 3.05) is 0 Å². The molecule has 76 heavy (non-hydrogen) atoms. The van der Waals surface area contributed by atoms with E-state index in [1.165, 1.54) is 41.5 Å². The molecule has 0 atom stereocenters. The van der Waals surface area contributed by atoms with Gasteiger partial charge in [0.25, 0.3) is 0 Å². The number of hydrogen-bond donors (Lipinski definition) is 0. The van der Waals surface area contributed by atoms with Gasteiger partial charge in [-0.25, -0.2) is 15.0 Å². The van der Waals surface area contributed by atoms with Crippen molar-refractivity contribution < 1.29 is 8.83 Å². The fourth-order valence-electron chi connectivity index (χ4n) is 12.0. The average Bonchev–Trinajstić information content (AvgIpc) is 4.14. The number of para-hydroxylation sites is 2. The summed E-state index contributed by atoms with van der Waals surface area (Å²) in [5, 5.41) is 14.4. The smallest absolute Gasteiger partial charge is 0.180 e. The minimum atomic E-state index is -3.16. The van der Waals surface area contributed by atoms with Crippen LogP contribution in [0.5, 0.6) is 0 Å². The van der Waals surface area contributed by atoms with E-state index in [1.54, 1.807) is 0 Å². The van der Waals surface area contributed by atoms with Crippen molar-refractivity contribution in [3.8, 4) is 34.2 Å². The molecule has 0 aliphatic rings. The zero-order chi connectivity index (χ0) is 50.5. The van der Waals surface area contributed by atoms with Gasteiger partial charge in [-0.1, -0.05) is 261 Å². The Morgan fingerprint density at radius 2 is 0.526 bits per heavy atom. The van der Waals surface area contributed by atoms with Crippen molar-refractivity contribution in [3.63, 3.8) is 0 Å². The summed E-state index contributed by atoms with van der Waals surface area (Å²) in [5.41, 5.74) is 6.20. The maximum Gasteiger partial charge on any atom is 0.180 e. The van der Waals surface area contributed by atoms with E-state index in [4.69, 9.17) is 23.8 Å². The topological polar surface area (TPSA) is 65.0 Å². The molecule has 358 valence electrons. The minimum absolute atomic E-state index is 0.594. The van der Waals surface area contributed by atoms with Gasteiger partial charge in [-0.05, 0) is 65.8 Å². The van der Waals surface area contributed by atoms with Gasteiger partial charge in [-0.2, -0.15) is 0 Å². The van der Waals surface area contributed by atoms with Crippen LogP contribution in [0.1, 0.15) is 0 Å². The van der Waals surface area contributed by atoms with Gasteiger partial charge in [0.15, 0.2) is 33.6 Å². The second-order valence-corrected chi connectivity index (χ2v) is 26.9. The summed E-state index contributed by atoms with van der Waals surface area (Å²) in [7, 11) is -6.31. The fourth-order valence-corrected chi connectivity index (χ4v) is 22.0. The molecule has 0 unspecified atom stereocenters. The first-order valence-corrected chi connectivity index (χ1v) is 29.7. The first-order valence-electron chi connectivity index (χ1n) is 25.7. The molecule has 11 aromatic carbocycles. The van der Waals surface area contributed by atoms with Gasteiger partial charge in [0.05, 0.1) is 0 Å². The second-order valence-electron chi connectivity index (χ2n) is 19.4. The number of nitrogens with zero attached hydrogens (tertiary/aromatic N) is 3. The molecule has 7 heteroatoms. The van der Waals surface area contributed by atoms with E-state index < -0.39 is 16.1 Å². The predicted molar refractivity (Wildman–Crippen MR) is 318 cm³/mol. The SMILES string of the molecule is c1ccc(-c2nc(-c3cccc([Si](c4ccccc4)(c4ccccc4)c4cccc5oc6ccccc6c45)c3)nc(-c3cccc([Si](c4ccccc4)(c4ccccc4)c4cccc5oc6ccccc6c45)c3)n2)cc1. The molecule has 0 aliphatic carbocycles. The summed E-state index contributed by atoms with van der Waals surface area (Å²) in [6.07, 6.45) is 0. The number of fused-ring (bicyclic) bond motifs is 6. The van der Waals surface area contributed by atoms with Crippen LogP contribution < -0.4 is 41.5 Å². The van der Waals surface area contributed by atoms with Crippen LogP contribution in [0.2, 0.25) is 0 Å². The standard InChI is InChI=1S/C69H47N3O2Si2/c1-6-24-48(25-7-1)67-70-68(49-26-20-36-55(46-49)75(51-28-8-2-9-29-51,52-30-10-3-11-31-52)63-44-22-42-61-65(63)57-38-16-18-40-59(57)73-61)72-69(71-67)50-27-21-37-56(47-50)76(53-32-12-4-13-33-53,54-34-14-5-15-35-54)64-45-23-43-62-66(64)58-39-17-19-41-60(58)74-62/h1-47H. The highest BCUT2D eigenvalue weighted by Crippen LogP contribution is 2.32. The highest BCUT2D eigenvalue weighted by atomic mass is 28.3. The predicted octanol–water partition coefficient (Wildman–Crippen LogP) is 11.4. The monoisotopic (exact) mass is 1010 g/mol. The zero-order valence-electron chi connectivity index (χ0n) is 41.3. The molecule has 14 aromatic rings. The molecule has 0 aliphatic heterocycles. The summed E-state index contributed by atoms with van der Waals surface area (Å²) >= 11 is 0. The maximum absolute atomic E-state index is 6.63. The number of hydrogen-bond acceptors (Lipinski definition) is 5. The molecule has 3 heterocycles. The summed E-state index contributed by atoms with van der Waals surface area (Å²) in [6.45, 7) is 0. The van der Waals surface area contributed by atoms with Crippen LogP contribution in [0.15, 0.2) is 294 Å². The number of rotatable bonds is 11. The van der Waals surface area contributed by atoms with E-state index in [1.807, 2.05) is 30.3 Å². The van der Waals surface area contributed by atoms with Crippen molar-refractivity contribution in [1.82, 2.24) is 15.0 Å². The highest BCUT2D eigenvalue weighted by Gasteiger charge is 2.45. The largest absolute Gasteiger partial charge is 0.456 e. The lowest BCUT2D eigenvalue weighted by molar-refractivity contribution is 0.668. The van der Waals surface area contributed by atoms with Crippen molar-refractivity contribution in [3.05, 3.63) is 285 Å². The van der Waals surface area contributed by atoms with E-state index in [-0.39, 0.29) is 0 Å². The van der Waals surface area contributed by atoms with Crippen molar-refractivity contribution in [2.24, 2.45) is 0 Å². The van der Waals surface area contributed by atoms with Gasteiger partial charge in [-0.3, -0.25) is 0 Å². The molecular weight excluding hydrogens is 959 g/mol. The van der Waals surface area contributed by atoms with Crippen molar-refractivity contribution in [1.29, 1.82) is 0 Å². The molecule has 0 amide bonds. The van der Waals surface area contributed by atoms with Gasteiger partial charge in [0.1, 0.15) is 22.3 Å². The Hall–Kier alpha value is -9.54. The fraction of sp³-hybridized carbons (Fsp3) is 0. The normalized spacial score (nSPS) is 11.9. The van der Waals surface area contributed by atoms with Crippen LogP contribution in [0.3, 0.4) is 0 Å². The Bertz CT molecular complexity index is 4070. The summed E-state index contributed by atoms with van der Waals surface area (Å²) < 4.78 is 13.3. The lowest BCUT2D eigenvalue weighted by atomic mass is 10.1. The molecule has 0 spiro atoms.